The van der Waals surface area contributed by atoms with Crippen molar-refractivity contribution in [2.24, 2.45) is 5.92 Å². The highest BCUT2D eigenvalue weighted by atomic mass is 79.9. The quantitative estimate of drug-likeness (QED) is 0.596. The number of hydrogen-bond donors (Lipinski definition) is 0. The second kappa shape index (κ2) is 7.07. The van der Waals surface area contributed by atoms with Crippen LogP contribution >= 0.6 is 43.2 Å². The van der Waals surface area contributed by atoms with E-state index in [1.165, 1.54) is 11.3 Å². The summed E-state index contributed by atoms with van der Waals surface area (Å²) in [6.07, 6.45) is 0.667. The second-order valence-corrected chi connectivity index (χ2v) is 8.60. The highest BCUT2D eigenvalue weighted by Crippen LogP contribution is 2.39. The Balaban J connectivity index is 2.44. The number of halogens is 2. The number of ether oxygens (including phenoxy) is 1. The maximum Gasteiger partial charge on any atom is 0.376 e. The van der Waals surface area contributed by atoms with Crippen molar-refractivity contribution in [1.29, 1.82) is 0 Å². The van der Waals surface area contributed by atoms with Crippen LogP contribution in [0.25, 0.3) is 11.5 Å². The van der Waals surface area contributed by atoms with Crippen LogP contribution in [0.4, 0.5) is 0 Å². The fourth-order valence-electron chi connectivity index (χ4n) is 1.83. The van der Waals surface area contributed by atoms with Crippen molar-refractivity contribution in [3.05, 3.63) is 25.1 Å². The first-order valence-corrected chi connectivity index (χ1v) is 8.94. The zero-order valence-corrected chi connectivity index (χ0v) is 15.9. The summed E-state index contributed by atoms with van der Waals surface area (Å²) in [6.45, 7) is 6.22. The first-order valence-electron chi connectivity index (χ1n) is 6.54. The molecule has 0 N–H and O–H groups in total. The van der Waals surface area contributed by atoms with Crippen LogP contribution in [0.5, 0.6) is 0 Å². The van der Waals surface area contributed by atoms with Crippen LogP contribution in [0.3, 0.4) is 0 Å². The SMILES string of the molecule is CCOC(=O)c1oc(-c2cc(Br)sc2Br)nc1CC(C)C. The number of esters is 1. The molecular formula is C14H15Br2NO3S. The molecule has 2 rings (SSSR count). The zero-order valence-electron chi connectivity index (χ0n) is 11.9. The smallest absolute Gasteiger partial charge is 0.376 e. The van der Waals surface area contributed by atoms with Crippen LogP contribution in [-0.2, 0) is 11.2 Å². The molecule has 21 heavy (non-hydrogen) atoms. The minimum absolute atomic E-state index is 0.203. The molecule has 2 heterocycles. The van der Waals surface area contributed by atoms with Crippen molar-refractivity contribution >= 4 is 49.2 Å². The molecule has 0 saturated carbocycles. The summed E-state index contributed by atoms with van der Waals surface area (Å²) in [6, 6.07) is 1.91. The van der Waals surface area contributed by atoms with E-state index in [0.29, 0.717) is 30.5 Å². The van der Waals surface area contributed by atoms with Crippen LogP contribution in [0, 0.1) is 5.92 Å². The van der Waals surface area contributed by atoms with Gasteiger partial charge in [-0.05, 0) is 57.2 Å². The zero-order chi connectivity index (χ0) is 15.6. The lowest BCUT2D eigenvalue weighted by molar-refractivity contribution is 0.0489. The van der Waals surface area contributed by atoms with Crippen molar-refractivity contribution in [2.75, 3.05) is 6.61 Å². The molecule has 0 amide bonds. The number of carbonyl (C=O) groups is 1. The topological polar surface area (TPSA) is 52.3 Å². The average molecular weight is 437 g/mol. The van der Waals surface area contributed by atoms with Crippen LogP contribution in [0.2, 0.25) is 0 Å². The molecule has 0 aliphatic rings. The first kappa shape index (κ1) is 16.7. The van der Waals surface area contributed by atoms with Gasteiger partial charge in [-0.25, -0.2) is 9.78 Å². The molecule has 0 bridgehead atoms. The van der Waals surface area contributed by atoms with Gasteiger partial charge in [0.15, 0.2) is 0 Å². The standard InChI is InChI=1S/C14H15Br2NO3S/c1-4-19-14(18)11-9(5-7(2)3)17-13(20-11)8-6-10(15)21-12(8)16/h6-7H,4-5H2,1-3H3. The van der Waals surface area contributed by atoms with Crippen LogP contribution in [-0.4, -0.2) is 17.6 Å². The van der Waals surface area contributed by atoms with Gasteiger partial charge in [0.25, 0.3) is 0 Å². The lowest BCUT2D eigenvalue weighted by atomic mass is 10.1. The minimum atomic E-state index is -0.461. The highest BCUT2D eigenvalue weighted by Gasteiger charge is 2.24. The predicted octanol–water partition coefficient (Wildman–Crippen LogP) is 5.30. The molecule has 0 atom stereocenters. The molecule has 114 valence electrons. The summed E-state index contributed by atoms with van der Waals surface area (Å²) in [7, 11) is 0. The van der Waals surface area contributed by atoms with E-state index in [1.54, 1.807) is 6.92 Å². The number of carbonyl (C=O) groups excluding carboxylic acids is 1. The molecule has 0 aliphatic heterocycles. The summed E-state index contributed by atoms with van der Waals surface area (Å²) in [4.78, 5) is 16.5. The molecule has 2 aromatic heterocycles. The Kier molecular flexibility index (Phi) is 5.62. The second-order valence-electron chi connectivity index (χ2n) is 4.85. The number of rotatable bonds is 5. The summed E-state index contributed by atoms with van der Waals surface area (Å²) >= 11 is 8.43. The van der Waals surface area contributed by atoms with Crippen molar-refractivity contribution in [3.63, 3.8) is 0 Å². The Morgan fingerprint density at radius 1 is 1.48 bits per heavy atom. The third-order valence-electron chi connectivity index (χ3n) is 2.65. The van der Waals surface area contributed by atoms with Gasteiger partial charge in [-0.2, -0.15) is 0 Å². The molecule has 0 unspecified atom stereocenters. The number of thiophene rings is 1. The lowest BCUT2D eigenvalue weighted by Gasteiger charge is -2.02. The lowest BCUT2D eigenvalue weighted by Crippen LogP contribution is -2.08. The number of nitrogens with zero attached hydrogens (tertiary/aromatic N) is 1. The van der Waals surface area contributed by atoms with Gasteiger partial charge in [-0.3, -0.25) is 0 Å². The van der Waals surface area contributed by atoms with E-state index < -0.39 is 5.97 Å². The highest BCUT2D eigenvalue weighted by molar-refractivity contribution is 9.12. The number of aromatic nitrogens is 1. The summed E-state index contributed by atoms with van der Waals surface area (Å²) in [5.41, 5.74) is 1.47. The Bertz CT molecular complexity index is 649. The molecule has 0 saturated heterocycles. The van der Waals surface area contributed by atoms with Crippen molar-refractivity contribution in [2.45, 2.75) is 27.2 Å². The van der Waals surface area contributed by atoms with E-state index in [4.69, 9.17) is 9.15 Å². The Labute approximate surface area is 144 Å². The Morgan fingerprint density at radius 3 is 2.71 bits per heavy atom. The van der Waals surface area contributed by atoms with Gasteiger partial charge in [-0.15, -0.1) is 11.3 Å². The largest absolute Gasteiger partial charge is 0.460 e. The predicted molar refractivity (Wildman–Crippen MR) is 89.7 cm³/mol. The van der Waals surface area contributed by atoms with Crippen molar-refractivity contribution < 1.29 is 13.9 Å². The van der Waals surface area contributed by atoms with Crippen LogP contribution < -0.4 is 0 Å². The Morgan fingerprint density at radius 2 is 2.19 bits per heavy atom. The van der Waals surface area contributed by atoms with E-state index in [-0.39, 0.29) is 5.76 Å². The normalized spacial score (nSPS) is 11.1. The molecular weight excluding hydrogens is 422 g/mol. The van der Waals surface area contributed by atoms with E-state index in [9.17, 15) is 4.79 Å². The molecule has 0 aliphatic carbocycles. The summed E-state index contributed by atoms with van der Waals surface area (Å²) in [5, 5.41) is 0. The van der Waals surface area contributed by atoms with Crippen molar-refractivity contribution in [1.82, 2.24) is 4.98 Å². The molecule has 0 radical (unpaired) electrons. The first-order chi connectivity index (χ1) is 9.92. The fourth-order valence-corrected chi connectivity index (χ4v) is 4.61. The maximum atomic E-state index is 12.0. The minimum Gasteiger partial charge on any atom is -0.460 e. The van der Waals surface area contributed by atoms with Gasteiger partial charge in [0.2, 0.25) is 11.7 Å². The molecule has 0 aromatic carbocycles. The van der Waals surface area contributed by atoms with E-state index in [1.807, 2.05) is 6.07 Å². The van der Waals surface area contributed by atoms with E-state index >= 15 is 0 Å². The average Bonchev–Trinajstić information content (AvgIpc) is 2.92. The third kappa shape index (κ3) is 3.96. The van der Waals surface area contributed by atoms with Gasteiger partial charge < -0.3 is 9.15 Å². The monoisotopic (exact) mass is 435 g/mol. The van der Waals surface area contributed by atoms with Gasteiger partial charge >= 0.3 is 5.97 Å². The molecule has 4 nitrogen and oxygen atoms in total. The summed E-state index contributed by atoms with van der Waals surface area (Å²) in [5.74, 6) is 0.545. The van der Waals surface area contributed by atoms with Gasteiger partial charge in [0, 0.05) is 0 Å². The molecule has 0 spiro atoms. The van der Waals surface area contributed by atoms with Gasteiger partial charge in [0.05, 0.1) is 25.4 Å². The Hall–Kier alpha value is -0.660. The molecule has 7 heteroatoms. The fraction of sp³-hybridized carbons (Fsp3) is 0.429. The third-order valence-corrected chi connectivity index (χ3v) is 4.99. The van der Waals surface area contributed by atoms with Crippen molar-refractivity contribution in [3.8, 4) is 11.5 Å². The van der Waals surface area contributed by atoms with Gasteiger partial charge in [-0.1, -0.05) is 13.8 Å². The maximum absolute atomic E-state index is 12.0. The molecule has 2 aromatic rings. The molecule has 0 fully saturated rings. The number of oxazole rings is 1. The van der Waals surface area contributed by atoms with Crippen LogP contribution in [0.1, 0.15) is 37.0 Å². The summed E-state index contributed by atoms with van der Waals surface area (Å²) < 4.78 is 12.6. The van der Waals surface area contributed by atoms with Gasteiger partial charge in [0.1, 0.15) is 0 Å². The number of hydrogen-bond acceptors (Lipinski definition) is 5. The van der Waals surface area contributed by atoms with E-state index in [0.717, 1.165) is 13.1 Å². The van der Waals surface area contributed by atoms with Crippen LogP contribution in [0.15, 0.2) is 18.1 Å². The van der Waals surface area contributed by atoms with E-state index in [2.05, 4.69) is 50.7 Å².